The van der Waals surface area contributed by atoms with Crippen molar-refractivity contribution in [2.75, 3.05) is 19.8 Å². The molecule has 2 heterocycles. The van der Waals surface area contributed by atoms with Gasteiger partial charge in [0.2, 0.25) is 11.2 Å². The number of aromatic nitrogens is 2. The summed E-state index contributed by atoms with van der Waals surface area (Å²) in [6.45, 7) is 2.12. The largest absolute Gasteiger partial charge is 0.476 e. The fourth-order valence-electron chi connectivity index (χ4n) is 1.01. The first kappa shape index (κ1) is 10.1. The molecule has 2 rings (SSSR count). The number of hydrogen-bond acceptors (Lipinski definition) is 4. The lowest BCUT2D eigenvalue weighted by atomic mass is 10.1. The molecule has 1 aliphatic heterocycles. The Morgan fingerprint density at radius 3 is 3.07 bits per heavy atom. The van der Waals surface area contributed by atoms with Crippen LogP contribution in [0, 0.1) is 5.92 Å². The van der Waals surface area contributed by atoms with Gasteiger partial charge in [-0.2, -0.15) is 4.98 Å². The summed E-state index contributed by atoms with van der Waals surface area (Å²) in [7, 11) is 0. The van der Waals surface area contributed by atoms with Gasteiger partial charge in [-0.15, -0.1) is 0 Å². The van der Waals surface area contributed by atoms with E-state index < -0.39 is 0 Å². The Labute approximate surface area is 94.7 Å². The minimum Gasteiger partial charge on any atom is -0.476 e. The van der Waals surface area contributed by atoms with Crippen molar-refractivity contribution in [2.45, 2.75) is 0 Å². The van der Waals surface area contributed by atoms with Crippen LogP contribution in [0.25, 0.3) is 0 Å². The van der Waals surface area contributed by atoms with E-state index in [0.29, 0.717) is 22.9 Å². The molecule has 14 heavy (non-hydrogen) atoms. The smallest absolute Gasteiger partial charge is 0.232 e. The van der Waals surface area contributed by atoms with Gasteiger partial charge in [-0.05, 0) is 27.5 Å². The highest BCUT2D eigenvalue weighted by Gasteiger charge is 2.19. The highest BCUT2D eigenvalue weighted by Crippen LogP contribution is 2.23. The minimum absolute atomic E-state index is 0.188. The van der Waals surface area contributed by atoms with E-state index in [9.17, 15) is 0 Å². The average Bonchev–Trinajstić information content (AvgIpc) is 2.08. The molecule has 1 aliphatic rings. The molecule has 0 saturated carbocycles. The summed E-state index contributed by atoms with van der Waals surface area (Å²) in [5.41, 5.74) is 0. The van der Waals surface area contributed by atoms with E-state index in [1.807, 2.05) is 0 Å². The molecule has 1 aromatic heterocycles. The Kier molecular flexibility index (Phi) is 3.20. The van der Waals surface area contributed by atoms with E-state index in [4.69, 9.17) is 21.1 Å². The van der Waals surface area contributed by atoms with Gasteiger partial charge in [0.15, 0.2) is 0 Å². The van der Waals surface area contributed by atoms with Crippen molar-refractivity contribution in [1.82, 2.24) is 9.97 Å². The molecule has 0 amide bonds. The lowest BCUT2D eigenvalue weighted by Gasteiger charge is -2.25. The van der Waals surface area contributed by atoms with Crippen LogP contribution in [-0.2, 0) is 4.74 Å². The van der Waals surface area contributed by atoms with Crippen molar-refractivity contribution in [1.29, 1.82) is 0 Å². The number of nitrogens with zero attached hydrogens (tertiary/aromatic N) is 2. The molecule has 6 heteroatoms. The maximum absolute atomic E-state index is 5.63. The van der Waals surface area contributed by atoms with Crippen LogP contribution in [0.15, 0.2) is 10.7 Å². The van der Waals surface area contributed by atoms with Crippen molar-refractivity contribution in [3.8, 4) is 5.88 Å². The van der Waals surface area contributed by atoms with Crippen LogP contribution in [0.3, 0.4) is 0 Å². The van der Waals surface area contributed by atoms with Crippen molar-refractivity contribution in [3.63, 3.8) is 0 Å². The van der Waals surface area contributed by atoms with Gasteiger partial charge in [-0.1, -0.05) is 0 Å². The number of ether oxygens (including phenoxy) is 2. The predicted octanol–water partition coefficient (Wildman–Crippen LogP) is 1.92. The second-order valence-electron chi connectivity index (χ2n) is 3.01. The standard InChI is InChI=1S/C8H8BrClN2O2/c9-6-1-11-8(10)12-7(6)14-4-5-2-13-3-5/h1,5H,2-4H2. The second-order valence-corrected chi connectivity index (χ2v) is 4.20. The van der Waals surface area contributed by atoms with Crippen molar-refractivity contribution >= 4 is 27.5 Å². The average molecular weight is 280 g/mol. The van der Waals surface area contributed by atoms with Gasteiger partial charge < -0.3 is 9.47 Å². The summed E-state index contributed by atoms with van der Waals surface area (Å²) in [5.74, 6) is 0.951. The molecule has 0 radical (unpaired) electrons. The third-order valence-corrected chi connectivity index (χ3v) is 2.57. The molecule has 1 aromatic rings. The highest BCUT2D eigenvalue weighted by atomic mass is 79.9. The molecular weight excluding hydrogens is 271 g/mol. The SMILES string of the molecule is Clc1ncc(Br)c(OCC2COC2)n1. The molecule has 1 saturated heterocycles. The van der Waals surface area contributed by atoms with Crippen LogP contribution in [-0.4, -0.2) is 29.8 Å². The zero-order chi connectivity index (χ0) is 9.97. The minimum atomic E-state index is 0.188. The third-order valence-electron chi connectivity index (χ3n) is 1.85. The van der Waals surface area contributed by atoms with Crippen LogP contribution in [0.1, 0.15) is 0 Å². The summed E-state index contributed by atoms with van der Waals surface area (Å²) in [6, 6.07) is 0. The third kappa shape index (κ3) is 2.34. The van der Waals surface area contributed by atoms with Gasteiger partial charge in [-0.3, -0.25) is 0 Å². The van der Waals surface area contributed by atoms with E-state index >= 15 is 0 Å². The molecule has 0 atom stereocenters. The molecule has 4 nitrogen and oxygen atoms in total. The van der Waals surface area contributed by atoms with E-state index in [1.54, 1.807) is 6.20 Å². The first-order chi connectivity index (χ1) is 6.75. The summed E-state index contributed by atoms with van der Waals surface area (Å²) >= 11 is 8.91. The zero-order valence-corrected chi connectivity index (χ0v) is 9.58. The number of hydrogen-bond donors (Lipinski definition) is 0. The molecule has 0 unspecified atom stereocenters. The summed E-state index contributed by atoms with van der Waals surface area (Å²) in [5, 5.41) is 0.188. The van der Waals surface area contributed by atoms with Crippen molar-refractivity contribution < 1.29 is 9.47 Å². The van der Waals surface area contributed by atoms with Gasteiger partial charge >= 0.3 is 0 Å². The monoisotopic (exact) mass is 278 g/mol. The molecule has 0 aliphatic carbocycles. The first-order valence-corrected chi connectivity index (χ1v) is 5.31. The van der Waals surface area contributed by atoms with E-state index in [0.717, 1.165) is 13.2 Å². The maximum atomic E-state index is 5.63. The van der Waals surface area contributed by atoms with E-state index in [1.165, 1.54) is 0 Å². The van der Waals surface area contributed by atoms with Crippen LogP contribution in [0.2, 0.25) is 5.28 Å². The maximum Gasteiger partial charge on any atom is 0.232 e. The molecule has 1 fully saturated rings. The van der Waals surface area contributed by atoms with Crippen molar-refractivity contribution in [2.24, 2.45) is 5.92 Å². The molecule has 0 aromatic carbocycles. The van der Waals surface area contributed by atoms with E-state index in [-0.39, 0.29) is 5.28 Å². The molecule has 0 spiro atoms. The Hall–Kier alpha value is -0.390. The van der Waals surface area contributed by atoms with E-state index in [2.05, 4.69) is 25.9 Å². The first-order valence-electron chi connectivity index (χ1n) is 4.14. The van der Waals surface area contributed by atoms with Gasteiger partial charge in [0.1, 0.15) is 0 Å². The summed E-state index contributed by atoms with van der Waals surface area (Å²) in [6.07, 6.45) is 1.57. The lowest BCUT2D eigenvalue weighted by molar-refractivity contribution is -0.0515. The molecule has 0 bridgehead atoms. The van der Waals surface area contributed by atoms with Crippen LogP contribution in [0.5, 0.6) is 5.88 Å². The quantitative estimate of drug-likeness (QED) is 0.793. The van der Waals surface area contributed by atoms with Gasteiger partial charge in [-0.25, -0.2) is 4.98 Å². The zero-order valence-electron chi connectivity index (χ0n) is 7.24. The van der Waals surface area contributed by atoms with Gasteiger partial charge in [0, 0.05) is 12.1 Å². The number of rotatable bonds is 3. The Morgan fingerprint density at radius 1 is 1.64 bits per heavy atom. The molecule has 0 N–H and O–H groups in total. The Morgan fingerprint density at radius 2 is 2.43 bits per heavy atom. The normalized spacial score (nSPS) is 16.4. The fourth-order valence-corrected chi connectivity index (χ4v) is 1.44. The predicted molar refractivity (Wildman–Crippen MR) is 54.5 cm³/mol. The van der Waals surface area contributed by atoms with Gasteiger partial charge in [0.25, 0.3) is 0 Å². The highest BCUT2D eigenvalue weighted by molar-refractivity contribution is 9.10. The molecule has 76 valence electrons. The number of halogens is 2. The molecular formula is C8H8BrClN2O2. The van der Waals surface area contributed by atoms with Gasteiger partial charge in [0.05, 0.1) is 24.3 Å². The fraction of sp³-hybridized carbons (Fsp3) is 0.500. The summed E-state index contributed by atoms with van der Waals surface area (Å²) in [4.78, 5) is 7.75. The Balaban J connectivity index is 1.96. The Bertz CT molecular complexity index is 333. The van der Waals surface area contributed by atoms with Crippen LogP contribution in [0.4, 0.5) is 0 Å². The second kappa shape index (κ2) is 4.42. The van der Waals surface area contributed by atoms with Crippen LogP contribution < -0.4 is 4.74 Å². The van der Waals surface area contributed by atoms with Crippen molar-refractivity contribution in [3.05, 3.63) is 16.0 Å². The topological polar surface area (TPSA) is 44.2 Å². The lowest BCUT2D eigenvalue weighted by Crippen LogP contribution is -2.32. The van der Waals surface area contributed by atoms with Crippen LogP contribution >= 0.6 is 27.5 Å². The summed E-state index contributed by atoms with van der Waals surface area (Å²) < 4.78 is 11.2.